The van der Waals surface area contributed by atoms with Gasteiger partial charge >= 0.3 is 12.1 Å². The van der Waals surface area contributed by atoms with Gasteiger partial charge in [-0.1, -0.05) is 18.5 Å². The molecule has 1 amide bonds. The van der Waals surface area contributed by atoms with Crippen molar-refractivity contribution in [3.05, 3.63) is 56.9 Å². The van der Waals surface area contributed by atoms with E-state index < -0.39 is 11.6 Å². The van der Waals surface area contributed by atoms with Crippen LogP contribution in [-0.4, -0.2) is 82.1 Å². The number of hydrogen-bond donors (Lipinski definition) is 1. The highest BCUT2D eigenvalue weighted by molar-refractivity contribution is 5.91. The minimum atomic E-state index is -1.89. The summed E-state index contributed by atoms with van der Waals surface area (Å²) in [6.45, 7) is 5.36. The van der Waals surface area contributed by atoms with Gasteiger partial charge in [0.15, 0.2) is 5.60 Å². The van der Waals surface area contributed by atoms with E-state index in [1.165, 1.54) is 26.4 Å². The maximum atomic E-state index is 13.6. The summed E-state index contributed by atoms with van der Waals surface area (Å²) in [5.41, 5.74) is 1.64. The number of rotatable bonds is 6. The van der Waals surface area contributed by atoms with Crippen molar-refractivity contribution in [1.82, 2.24) is 19.4 Å². The molecule has 0 saturated carbocycles. The Kier molecular flexibility index (Phi) is 8.02. The van der Waals surface area contributed by atoms with Gasteiger partial charge in [-0.15, -0.1) is 0 Å². The van der Waals surface area contributed by atoms with Crippen molar-refractivity contribution < 1.29 is 29.0 Å². The standard InChI is InChI=1S/C34H39N5O7/c1-3-34(43)26-18-28-30-21(19-39(28)31(40)25(26)20-45-32(34)41)17-24-23(9-12-35-44-2)29(8-7-27(24)36-30)46-33(42)38-15-10-22(11-16-38)37-13-5-4-6-14-37/h7-8,12,17-18,22,43H,3-6,9-11,13-16,19-20H2,1-2H3. The zero-order valence-corrected chi connectivity index (χ0v) is 26.3. The Morgan fingerprint density at radius 3 is 2.67 bits per heavy atom. The fourth-order valence-electron chi connectivity index (χ4n) is 7.46. The van der Waals surface area contributed by atoms with E-state index in [0.29, 0.717) is 48.2 Å². The summed E-state index contributed by atoms with van der Waals surface area (Å²) in [5, 5.41) is 15.9. The number of benzene rings is 1. The Bertz CT molecular complexity index is 1790. The average molecular weight is 630 g/mol. The minimum absolute atomic E-state index is 0.0735. The van der Waals surface area contributed by atoms with E-state index in [1.807, 2.05) is 6.07 Å². The van der Waals surface area contributed by atoms with Gasteiger partial charge in [0.1, 0.15) is 19.5 Å². The maximum Gasteiger partial charge on any atom is 0.415 e. The van der Waals surface area contributed by atoms with Crippen LogP contribution >= 0.6 is 0 Å². The zero-order valence-electron chi connectivity index (χ0n) is 26.3. The van der Waals surface area contributed by atoms with Crippen molar-refractivity contribution in [2.24, 2.45) is 5.16 Å². The van der Waals surface area contributed by atoms with Crippen molar-refractivity contribution in [3.63, 3.8) is 0 Å². The fourth-order valence-corrected chi connectivity index (χ4v) is 7.46. The molecule has 0 radical (unpaired) electrons. The molecule has 0 aliphatic carbocycles. The number of cyclic esters (lactones) is 1. The highest BCUT2D eigenvalue weighted by atomic mass is 16.6. The van der Waals surface area contributed by atoms with Gasteiger partial charge in [0.2, 0.25) is 0 Å². The highest BCUT2D eigenvalue weighted by Crippen LogP contribution is 2.40. The molecule has 2 aromatic heterocycles. The summed E-state index contributed by atoms with van der Waals surface area (Å²) in [6.07, 6.45) is 7.32. The second-order valence-corrected chi connectivity index (χ2v) is 12.6. The molecular formula is C34H39N5O7. The van der Waals surface area contributed by atoms with Gasteiger partial charge in [0.25, 0.3) is 5.56 Å². The maximum absolute atomic E-state index is 13.6. The lowest BCUT2D eigenvalue weighted by Crippen LogP contribution is -2.48. The number of esters is 1. The Morgan fingerprint density at radius 2 is 1.93 bits per heavy atom. The smallest absolute Gasteiger partial charge is 0.415 e. The Labute approximate surface area is 266 Å². The van der Waals surface area contributed by atoms with Crippen LogP contribution in [0.2, 0.25) is 0 Å². The molecule has 2 fully saturated rings. The minimum Gasteiger partial charge on any atom is -0.458 e. The number of amides is 1. The van der Waals surface area contributed by atoms with Gasteiger partial charge in [-0.05, 0) is 69.5 Å². The van der Waals surface area contributed by atoms with Gasteiger partial charge < -0.3 is 33.8 Å². The first-order valence-electron chi connectivity index (χ1n) is 16.2. The van der Waals surface area contributed by atoms with Gasteiger partial charge in [0.05, 0.1) is 29.0 Å². The summed E-state index contributed by atoms with van der Waals surface area (Å²) >= 11 is 0. The van der Waals surface area contributed by atoms with Crippen molar-refractivity contribution >= 4 is 29.2 Å². The lowest BCUT2D eigenvalue weighted by Gasteiger charge is -2.39. The van der Waals surface area contributed by atoms with Crippen LogP contribution in [0.3, 0.4) is 0 Å². The van der Waals surface area contributed by atoms with Gasteiger partial charge in [-0.25, -0.2) is 14.6 Å². The monoisotopic (exact) mass is 629 g/mol. The summed E-state index contributed by atoms with van der Waals surface area (Å²) in [5.74, 6) is -0.334. The molecule has 4 aliphatic heterocycles. The molecular weight excluding hydrogens is 590 g/mol. The van der Waals surface area contributed by atoms with Gasteiger partial charge in [0, 0.05) is 53.8 Å². The average Bonchev–Trinajstić information content (AvgIpc) is 3.45. The van der Waals surface area contributed by atoms with Crippen LogP contribution in [0, 0.1) is 0 Å². The second kappa shape index (κ2) is 12.1. The zero-order chi connectivity index (χ0) is 32.0. The van der Waals surface area contributed by atoms with Crippen LogP contribution in [0.4, 0.5) is 4.79 Å². The van der Waals surface area contributed by atoms with Crippen LogP contribution in [0.15, 0.2) is 34.2 Å². The Morgan fingerprint density at radius 1 is 1.15 bits per heavy atom. The number of oxime groups is 1. The van der Waals surface area contributed by atoms with Crippen molar-refractivity contribution in [2.45, 2.75) is 76.7 Å². The highest BCUT2D eigenvalue weighted by Gasteiger charge is 2.45. The number of pyridine rings is 2. The van der Waals surface area contributed by atoms with Crippen molar-refractivity contribution in [1.29, 1.82) is 0 Å². The molecule has 1 aromatic carbocycles. The molecule has 1 atom stereocenters. The molecule has 242 valence electrons. The summed E-state index contributed by atoms with van der Waals surface area (Å²) < 4.78 is 12.8. The SMILES string of the molecule is CCC1(O)C(=O)OCc2c1cc1n(c2=O)Cc2cc3c(CC=NOC)c(OC(=O)N4CCC(N5CCCCC5)CC4)ccc3nc2-1. The molecule has 1 unspecified atom stereocenters. The van der Waals surface area contributed by atoms with Crippen molar-refractivity contribution in [2.75, 3.05) is 33.3 Å². The first-order valence-corrected chi connectivity index (χ1v) is 16.2. The number of likely N-dealkylation sites (tertiary alicyclic amines) is 2. The van der Waals surface area contributed by atoms with E-state index >= 15 is 0 Å². The molecule has 1 N–H and O–H groups in total. The molecule has 2 saturated heterocycles. The van der Waals surface area contributed by atoms with Crippen molar-refractivity contribution in [3.8, 4) is 17.1 Å². The lowest BCUT2D eigenvalue weighted by molar-refractivity contribution is -0.172. The summed E-state index contributed by atoms with van der Waals surface area (Å²) in [7, 11) is 1.47. The predicted octanol–water partition coefficient (Wildman–Crippen LogP) is 3.70. The van der Waals surface area contributed by atoms with Crippen LogP contribution in [-0.2, 0) is 39.5 Å². The van der Waals surface area contributed by atoms with E-state index in [0.717, 1.165) is 42.4 Å². The third kappa shape index (κ3) is 5.13. The van der Waals surface area contributed by atoms with Crippen LogP contribution in [0.25, 0.3) is 22.3 Å². The largest absolute Gasteiger partial charge is 0.458 e. The van der Waals surface area contributed by atoms with E-state index in [9.17, 15) is 19.5 Å². The van der Waals surface area contributed by atoms with Gasteiger partial charge in [-0.2, -0.15) is 0 Å². The summed E-state index contributed by atoms with van der Waals surface area (Å²) in [6, 6.07) is 7.73. The summed E-state index contributed by atoms with van der Waals surface area (Å²) in [4.78, 5) is 53.7. The molecule has 0 spiro atoms. The Hall–Kier alpha value is -4.29. The van der Waals surface area contributed by atoms with Crippen LogP contribution < -0.4 is 10.3 Å². The number of fused-ring (bicyclic) bond motifs is 5. The van der Waals surface area contributed by atoms with E-state index in [4.69, 9.17) is 19.3 Å². The topological polar surface area (TPSA) is 136 Å². The van der Waals surface area contributed by atoms with E-state index in [1.54, 1.807) is 40.8 Å². The second-order valence-electron chi connectivity index (χ2n) is 12.6. The van der Waals surface area contributed by atoms with E-state index in [-0.39, 0.29) is 42.4 Å². The van der Waals surface area contributed by atoms with Crippen LogP contribution in [0.5, 0.6) is 5.75 Å². The normalized spacial score (nSPS) is 21.6. The number of carbonyl (C=O) groups excluding carboxylic acids is 2. The Balaban J connectivity index is 1.20. The number of ether oxygens (including phenoxy) is 2. The molecule has 46 heavy (non-hydrogen) atoms. The molecule has 6 heterocycles. The molecule has 3 aromatic rings. The molecule has 12 nitrogen and oxygen atoms in total. The van der Waals surface area contributed by atoms with E-state index in [2.05, 4.69) is 10.1 Å². The number of aliphatic hydroxyl groups is 1. The molecule has 12 heteroatoms. The first kappa shape index (κ1) is 30.4. The molecule has 7 rings (SSSR count). The lowest BCUT2D eigenvalue weighted by atomic mass is 9.86. The number of aromatic nitrogens is 2. The third-order valence-corrected chi connectivity index (χ3v) is 10.1. The number of hydrogen-bond acceptors (Lipinski definition) is 10. The molecule has 0 bridgehead atoms. The number of nitrogens with zero attached hydrogens (tertiary/aromatic N) is 5. The quantitative estimate of drug-likeness (QED) is 0.192. The van der Waals surface area contributed by atoms with Crippen LogP contribution in [0.1, 0.15) is 67.7 Å². The van der Waals surface area contributed by atoms with Gasteiger partial charge in [-0.3, -0.25) is 4.79 Å². The fraction of sp³-hybridized carbons (Fsp3) is 0.500. The predicted molar refractivity (Wildman–Crippen MR) is 170 cm³/mol. The third-order valence-electron chi connectivity index (χ3n) is 10.1. The number of carbonyl (C=O) groups is 2. The number of piperidine rings is 2. The molecule has 4 aliphatic rings. The first-order chi connectivity index (χ1) is 22.3.